The van der Waals surface area contributed by atoms with Crippen molar-refractivity contribution in [1.29, 1.82) is 0 Å². The number of oxazole rings is 1. The maximum Gasteiger partial charge on any atom is 1.00 e. The van der Waals surface area contributed by atoms with E-state index < -0.39 is 24.6 Å². The zero-order chi connectivity index (χ0) is 30.2. The molecule has 5 heterocycles. The molecule has 1 saturated heterocycles. The molecule has 4 aromatic heterocycles. The quantitative estimate of drug-likeness (QED) is 0.0841. The van der Waals surface area contributed by atoms with Crippen molar-refractivity contribution in [3.8, 4) is 28.4 Å². The molecule has 1 atom stereocenters. The first-order valence-electron chi connectivity index (χ1n) is 13.0. The van der Waals surface area contributed by atoms with Crippen molar-refractivity contribution in [3.05, 3.63) is 61.3 Å². The van der Waals surface area contributed by atoms with Gasteiger partial charge in [-0.3, -0.25) is 9.08 Å². The number of phosphoric ester groups is 1. The van der Waals surface area contributed by atoms with Gasteiger partial charge < -0.3 is 33.3 Å². The van der Waals surface area contributed by atoms with E-state index in [1.807, 2.05) is 0 Å². The van der Waals surface area contributed by atoms with E-state index in [0.717, 1.165) is 6.42 Å². The molecule has 1 fully saturated rings. The standard InChI is InChI=1S/C25H27N8O8PS.2Na/c1-31-11-8-21(30-31)43(37,38)32-10-3-5-18(15-32)27-24-26-9-7-20(28-24)23-22(29-25-33(23)12-13-39-25)17-4-2-6-19(14-17)40-16-41-42(34,35)36;;/h2,4,6-9,11-14,18H,3,5,10,15-16H2,1H3,(H,26,27,28)(H2,34,35,36);;/q;2*+1/p-2/t18-;;/m1../s1. The van der Waals surface area contributed by atoms with Gasteiger partial charge in [0.2, 0.25) is 5.95 Å². The van der Waals surface area contributed by atoms with Gasteiger partial charge in [0.05, 0.1) is 13.5 Å². The van der Waals surface area contributed by atoms with E-state index >= 15 is 0 Å². The summed E-state index contributed by atoms with van der Waals surface area (Å²) < 4.78 is 56.5. The van der Waals surface area contributed by atoms with Gasteiger partial charge in [0, 0.05) is 50.3 Å². The third kappa shape index (κ3) is 8.25. The van der Waals surface area contributed by atoms with Gasteiger partial charge in [0.1, 0.15) is 23.4 Å². The number of phosphoric acid groups is 1. The van der Waals surface area contributed by atoms with E-state index in [9.17, 15) is 22.8 Å². The van der Waals surface area contributed by atoms with Crippen LogP contribution < -0.4 is 79.0 Å². The molecule has 1 N–H and O–H groups in total. The van der Waals surface area contributed by atoms with Gasteiger partial charge >= 0.3 is 65.0 Å². The molecule has 0 unspecified atom stereocenters. The summed E-state index contributed by atoms with van der Waals surface area (Å²) in [5.74, 6) is 0.848. The second kappa shape index (κ2) is 14.8. The number of hydrogen-bond donors (Lipinski definition) is 1. The average Bonchev–Trinajstić information content (AvgIpc) is 3.69. The van der Waals surface area contributed by atoms with E-state index in [-0.39, 0.29) is 82.5 Å². The summed E-state index contributed by atoms with van der Waals surface area (Å²) in [6.45, 7) is -0.159. The summed E-state index contributed by atoms with van der Waals surface area (Å²) in [6.07, 6.45) is 7.71. The normalized spacial score (nSPS) is 15.8. The Morgan fingerprint density at radius 3 is 2.73 bits per heavy atom. The molecule has 1 aliphatic heterocycles. The van der Waals surface area contributed by atoms with Crippen molar-refractivity contribution in [2.24, 2.45) is 7.05 Å². The number of sulfonamides is 1. The van der Waals surface area contributed by atoms with E-state index in [2.05, 4.69) is 24.9 Å². The molecule has 1 aliphatic rings. The molecule has 0 radical (unpaired) electrons. The first kappa shape index (κ1) is 35.7. The second-order valence-corrected chi connectivity index (χ2v) is 12.7. The SMILES string of the molecule is Cn1ccc(S(=O)(=O)N2CCC[C@@H](Nc3nccc(-c4c(-c5cccc(OCOP(=O)([O-])[O-])c5)nc5occn45)n3)C2)n1.[Na+].[Na+]. The van der Waals surface area contributed by atoms with E-state index in [1.54, 1.807) is 60.4 Å². The van der Waals surface area contributed by atoms with Crippen molar-refractivity contribution in [2.75, 3.05) is 25.2 Å². The summed E-state index contributed by atoms with van der Waals surface area (Å²) in [7, 11) is -7.27. The molecular weight excluding hydrogens is 649 g/mol. The maximum atomic E-state index is 13.1. The number of fused-ring (bicyclic) bond motifs is 1. The van der Waals surface area contributed by atoms with Crippen LogP contribution in [0.1, 0.15) is 12.8 Å². The van der Waals surface area contributed by atoms with Crippen LogP contribution in [-0.2, 0) is 26.2 Å². The third-order valence-corrected chi connectivity index (χ3v) is 8.89. The van der Waals surface area contributed by atoms with Crippen LogP contribution in [0.3, 0.4) is 0 Å². The van der Waals surface area contributed by atoms with Crippen molar-refractivity contribution in [2.45, 2.75) is 23.9 Å². The third-order valence-electron chi connectivity index (χ3n) is 6.71. The van der Waals surface area contributed by atoms with Gasteiger partial charge in [-0.2, -0.15) is 14.4 Å². The summed E-state index contributed by atoms with van der Waals surface area (Å²) in [5, 5.41) is 7.34. The minimum absolute atomic E-state index is 0. The molecule has 20 heteroatoms. The van der Waals surface area contributed by atoms with Gasteiger partial charge in [0.15, 0.2) is 11.8 Å². The Kier molecular flexibility index (Phi) is 11.7. The summed E-state index contributed by atoms with van der Waals surface area (Å²) in [6, 6.07) is 9.56. The van der Waals surface area contributed by atoms with Crippen molar-refractivity contribution < 1.29 is 95.6 Å². The fraction of sp³-hybridized carbons (Fsp3) is 0.280. The first-order chi connectivity index (χ1) is 20.6. The number of benzene rings is 1. The predicted molar refractivity (Wildman–Crippen MR) is 147 cm³/mol. The number of aryl methyl sites for hydroxylation is 1. The van der Waals surface area contributed by atoms with Crippen LogP contribution in [0.25, 0.3) is 28.5 Å². The molecule has 226 valence electrons. The molecule has 16 nitrogen and oxygen atoms in total. The molecule has 45 heavy (non-hydrogen) atoms. The summed E-state index contributed by atoms with van der Waals surface area (Å²) in [4.78, 5) is 35.2. The van der Waals surface area contributed by atoms with Gasteiger partial charge in [-0.15, -0.1) is 0 Å². The van der Waals surface area contributed by atoms with Crippen LogP contribution in [-0.4, -0.2) is 67.8 Å². The first-order valence-corrected chi connectivity index (χ1v) is 15.9. The Balaban J connectivity index is 0.00000230. The number of nitrogens with one attached hydrogen (secondary N) is 1. The number of nitrogens with zero attached hydrogens (tertiary/aromatic N) is 7. The zero-order valence-electron chi connectivity index (χ0n) is 24.6. The molecule has 0 spiro atoms. The monoisotopic (exact) mass is 674 g/mol. The fourth-order valence-corrected chi connectivity index (χ4v) is 6.47. The van der Waals surface area contributed by atoms with Crippen LogP contribution in [0.4, 0.5) is 5.95 Å². The largest absolute Gasteiger partial charge is 1.00 e. The number of ether oxygens (including phenoxy) is 1. The van der Waals surface area contributed by atoms with Crippen molar-refractivity contribution in [3.63, 3.8) is 0 Å². The maximum absolute atomic E-state index is 13.1. The van der Waals surface area contributed by atoms with Gasteiger partial charge in [0.25, 0.3) is 10.0 Å². The average molecular weight is 675 g/mol. The zero-order valence-corrected chi connectivity index (χ0v) is 30.3. The molecule has 5 aromatic rings. The smallest absolute Gasteiger partial charge is 0.790 e. The Morgan fingerprint density at radius 2 is 1.98 bits per heavy atom. The topological polar surface area (TPSA) is 205 Å². The van der Waals surface area contributed by atoms with Gasteiger partial charge in [-0.05, 0) is 37.1 Å². The molecule has 0 amide bonds. The van der Waals surface area contributed by atoms with Crippen LogP contribution in [0.2, 0.25) is 0 Å². The molecule has 0 bridgehead atoms. The Morgan fingerprint density at radius 1 is 1.16 bits per heavy atom. The molecule has 0 aliphatic carbocycles. The van der Waals surface area contributed by atoms with Crippen LogP contribution in [0.5, 0.6) is 5.75 Å². The fourth-order valence-electron chi connectivity index (χ4n) is 4.81. The summed E-state index contributed by atoms with van der Waals surface area (Å²) in [5.41, 5.74) is 2.16. The van der Waals surface area contributed by atoms with Gasteiger partial charge in [-0.25, -0.2) is 18.4 Å². The van der Waals surface area contributed by atoms with Crippen LogP contribution >= 0.6 is 7.82 Å². The minimum Gasteiger partial charge on any atom is -0.790 e. The summed E-state index contributed by atoms with van der Waals surface area (Å²) >= 11 is 0. The Hall–Kier alpha value is -2.12. The van der Waals surface area contributed by atoms with Crippen LogP contribution in [0.15, 0.2) is 70.7 Å². The van der Waals surface area contributed by atoms with Crippen molar-refractivity contribution in [1.82, 2.24) is 33.4 Å². The number of imidazole rings is 1. The predicted octanol–water partition coefficient (Wildman–Crippen LogP) is -4.76. The minimum atomic E-state index is -5.18. The van der Waals surface area contributed by atoms with E-state index in [0.29, 0.717) is 47.4 Å². The van der Waals surface area contributed by atoms with E-state index in [1.165, 1.54) is 21.3 Å². The number of rotatable bonds is 10. The number of aromatic nitrogens is 6. The molecule has 6 rings (SSSR count). The molecule has 1 aromatic carbocycles. The molecular formula is C25H25N8Na2O8PS. The Labute approximate surface area is 302 Å². The molecule has 0 saturated carbocycles. The van der Waals surface area contributed by atoms with Crippen LogP contribution in [0, 0.1) is 0 Å². The van der Waals surface area contributed by atoms with Crippen molar-refractivity contribution >= 4 is 29.6 Å². The van der Waals surface area contributed by atoms with E-state index in [4.69, 9.17) is 14.1 Å². The number of piperidine rings is 1. The Bertz CT molecular complexity index is 1930. The number of hydrogen-bond acceptors (Lipinski definition) is 13. The second-order valence-electron chi connectivity index (χ2n) is 9.67. The van der Waals surface area contributed by atoms with Gasteiger partial charge in [-0.1, -0.05) is 12.1 Å². The number of anilines is 1.